The molecule has 5 nitrogen and oxygen atoms in total. The van der Waals surface area contributed by atoms with Crippen molar-refractivity contribution in [1.82, 2.24) is 0 Å². The van der Waals surface area contributed by atoms with Gasteiger partial charge in [0.25, 0.3) is 5.69 Å². The standard InChI is InChI=1S/C17H15NO4/c1-2-22-17(19)15-11-10-14(16(12-15)18(20)21)9-8-13-6-4-3-5-7-13/h3-12H,2H2,1H3/b9-8+. The number of benzene rings is 2. The Morgan fingerprint density at radius 3 is 2.55 bits per heavy atom. The monoisotopic (exact) mass is 297 g/mol. The van der Waals surface area contributed by atoms with Crippen LogP contribution in [0.5, 0.6) is 0 Å². The Morgan fingerprint density at radius 1 is 1.18 bits per heavy atom. The fraction of sp³-hybridized carbons (Fsp3) is 0.118. The fourth-order valence-electron chi connectivity index (χ4n) is 1.93. The van der Waals surface area contributed by atoms with Gasteiger partial charge in [-0.15, -0.1) is 0 Å². The van der Waals surface area contributed by atoms with Crippen LogP contribution < -0.4 is 0 Å². The largest absolute Gasteiger partial charge is 0.462 e. The molecule has 0 atom stereocenters. The van der Waals surface area contributed by atoms with Crippen LogP contribution in [0.2, 0.25) is 0 Å². The summed E-state index contributed by atoms with van der Waals surface area (Å²) in [4.78, 5) is 22.3. The molecule has 0 saturated carbocycles. The summed E-state index contributed by atoms with van der Waals surface area (Å²) in [6.45, 7) is 1.91. The van der Waals surface area contributed by atoms with Crippen molar-refractivity contribution in [3.05, 3.63) is 75.3 Å². The number of hydrogen-bond acceptors (Lipinski definition) is 4. The number of esters is 1. The van der Waals surface area contributed by atoms with E-state index in [1.54, 1.807) is 25.1 Å². The lowest BCUT2D eigenvalue weighted by atomic mass is 10.1. The van der Waals surface area contributed by atoms with Crippen molar-refractivity contribution < 1.29 is 14.5 Å². The molecule has 22 heavy (non-hydrogen) atoms. The van der Waals surface area contributed by atoms with E-state index in [4.69, 9.17) is 4.74 Å². The minimum Gasteiger partial charge on any atom is -0.462 e. The van der Waals surface area contributed by atoms with E-state index in [0.29, 0.717) is 5.56 Å². The number of carbonyl (C=O) groups is 1. The SMILES string of the molecule is CCOC(=O)c1ccc(/C=C/c2ccccc2)c([N+](=O)[O-])c1. The molecule has 2 rings (SSSR count). The number of nitro benzene ring substituents is 1. The molecule has 0 N–H and O–H groups in total. The molecule has 2 aromatic carbocycles. The van der Waals surface area contributed by atoms with Crippen molar-refractivity contribution >= 4 is 23.8 Å². The van der Waals surface area contributed by atoms with E-state index in [-0.39, 0.29) is 17.9 Å². The molecule has 0 unspecified atom stereocenters. The molecule has 0 bridgehead atoms. The molecule has 0 amide bonds. The summed E-state index contributed by atoms with van der Waals surface area (Å²) < 4.78 is 4.85. The zero-order valence-corrected chi connectivity index (χ0v) is 12.1. The number of rotatable bonds is 5. The maximum Gasteiger partial charge on any atom is 0.338 e. The van der Waals surface area contributed by atoms with Gasteiger partial charge in [-0.05, 0) is 30.7 Å². The first-order valence-electron chi connectivity index (χ1n) is 6.80. The van der Waals surface area contributed by atoms with Crippen molar-refractivity contribution in [2.75, 3.05) is 6.61 Å². The third-order valence-corrected chi connectivity index (χ3v) is 2.99. The van der Waals surface area contributed by atoms with E-state index in [1.807, 2.05) is 30.3 Å². The van der Waals surface area contributed by atoms with Crippen molar-refractivity contribution in [2.45, 2.75) is 6.92 Å². The molecule has 0 aromatic heterocycles. The molecule has 0 aliphatic rings. The molecule has 0 radical (unpaired) electrons. The summed E-state index contributed by atoms with van der Waals surface area (Å²) in [5, 5.41) is 11.2. The van der Waals surface area contributed by atoms with Crippen LogP contribution in [0.1, 0.15) is 28.4 Å². The molecular weight excluding hydrogens is 282 g/mol. The van der Waals surface area contributed by atoms with Gasteiger partial charge in [0.05, 0.1) is 22.7 Å². The predicted molar refractivity (Wildman–Crippen MR) is 84.4 cm³/mol. The van der Waals surface area contributed by atoms with Gasteiger partial charge in [0.2, 0.25) is 0 Å². The Balaban J connectivity index is 2.33. The highest BCUT2D eigenvalue weighted by atomic mass is 16.6. The molecule has 0 heterocycles. The van der Waals surface area contributed by atoms with Crippen molar-refractivity contribution in [3.63, 3.8) is 0 Å². The van der Waals surface area contributed by atoms with Crippen molar-refractivity contribution in [3.8, 4) is 0 Å². The highest BCUT2D eigenvalue weighted by Crippen LogP contribution is 2.23. The Labute approximate surface area is 128 Å². The molecule has 112 valence electrons. The van der Waals surface area contributed by atoms with Gasteiger partial charge in [0.15, 0.2) is 0 Å². The van der Waals surface area contributed by atoms with Crippen molar-refractivity contribution in [1.29, 1.82) is 0 Å². The Kier molecular flexibility index (Phi) is 5.03. The predicted octanol–water partition coefficient (Wildman–Crippen LogP) is 3.94. The number of ether oxygens (including phenoxy) is 1. The lowest BCUT2D eigenvalue weighted by Crippen LogP contribution is -2.05. The minimum atomic E-state index is -0.566. The Bertz CT molecular complexity index is 708. The van der Waals surface area contributed by atoms with Crippen LogP contribution in [-0.2, 0) is 4.74 Å². The lowest BCUT2D eigenvalue weighted by molar-refractivity contribution is -0.385. The summed E-state index contributed by atoms with van der Waals surface area (Å²) in [6.07, 6.45) is 3.44. The van der Waals surface area contributed by atoms with Crippen LogP contribution in [0.25, 0.3) is 12.2 Å². The number of nitrogens with zero attached hydrogens (tertiary/aromatic N) is 1. The van der Waals surface area contributed by atoms with E-state index in [1.165, 1.54) is 12.1 Å². The zero-order chi connectivity index (χ0) is 15.9. The van der Waals surface area contributed by atoms with E-state index in [9.17, 15) is 14.9 Å². The van der Waals surface area contributed by atoms with E-state index < -0.39 is 10.9 Å². The molecule has 0 fully saturated rings. The first-order chi connectivity index (χ1) is 10.6. The topological polar surface area (TPSA) is 69.4 Å². The van der Waals surface area contributed by atoms with Gasteiger partial charge in [-0.1, -0.05) is 36.4 Å². The third-order valence-electron chi connectivity index (χ3n) is 2.99. The van der Waals surface area contributed by atoms with E-state index in [2.05, 4.69) is 0 Å². The van der Waals surface area contributed by atoms with Crippen LogP contribution >= 0.6 is 0 Å². The minimum absolute atomic E-state index is 0.127. The van der Waals surface area contributed by atoms with Crippen LogP contribution in [0, 0.1) is 10.1 Å². The summed E-state index contributed by atoms with van der Waals surface area (Å²) in [5.41, 5.74) is 1.41. The second-order valence-electron chi connectivity index (χ2n) is 4.50. The highest BCUT2D eigenvalue weighted by Gasteiger charge is 2.16. The van der Waals surface area contributed by atoms with Crippen LogP contribution in [0.15, 0.2) is 48.5 Å². The normalized spacial score (nSPS) is 10.6. The number of nitro groups is 1. The summed E-state index contributed by atoms with van der Waals surface area (Å²) in [6, 6.07) is 13.8. The fourth-order valence-corrected chi connectivity index (χ4v) is 1.93. The molecule has 0 aliphatic heterocycles. The van der Waals surface area contributed by atoms with E-state index in [0.717, 1.165) is 5.56 Å². The van der Waals surface area contributed by atoms with Gasteiger partial charge in [-0.3, -0.25) is 10.1 Å². The van der Waals surface area contributed by atoms with Gasteiger partial charge in [0, 0.05) is 6.07 Å². The molecule has 2 aromatic rings. The number of hydrogen-bond donors (Lipinski definition) is 0. The molecule has 0 spiro atoms. The van der Waals surface area contributed by atoms with Crippen molar-refractivity contribution in [2.24, 2.45) is 0 Å². The quantitative estimate of drug-likeness (QED) is 0.363. The maximum absolute atomic E-state index is 11.6. The highest BCUT2D eigenvalue weighted by molar-refractivity contribution is 5.91. The van der Waals surface area contributed by atoms with Crippen LogP contribution in [0.3, 0.4) is 0 Å². The Morgan fingerprint density at radius 2 is 1.91 bits per heavy atom. The first-order valence-corrected chi connectivity index (χ1v) is 6.80. The van der Waals surface area contributed by atoms with Gasteiger partial charge in [-0.2, -0.15) is 0 Å². The molecular formula is C17H15NO4. The van der Waals surface area contributed by atoms with Gasteiger partial charge in [0.1, 0.15) is 0 Å². The first kappa shape index (κ1) is 15.4. The zero-order valence-electron chi connectivity index (χ0n) is 12.1. The summed E-state index contributed by atoms with van der Waals surface area (Å²) in [5.74, 6) is -0.566. The molecule has 0 saturated heterocycles. The van der Waals surface area contributed by atoms with E-state index >= 15 is 0 Å². The second kappa shape index (κ2) is 7.17. The van der Waals surface area contributed by atoms with Gasteiger partial charge in [-0.25, -0.2) is 4.79 Å². The van der Waals surface area contributed by atoms with Gasteiger partial charge >= 0.3 is 5.97 Å². The second-order valence-corrected chi connectivity index (χ2v) is 4.50. The number of carbonyl (C=O) groups excluding carboxylic acids is 1. The third kappa shape index (κ3) is 3.79. The maximum atomic E-state index is 11.6. The summed E-state index contributed by atoms with van der Waals surface area (Å²) >= 11 is 0. The Hall–Kier alpha value is -2.95. The molecule has 0 aliphatic carbocycles. The smallest absolute Gasteiger partial charge is 0.338 e. The lowest BCUT2D eigenvalue weighted by Gasteiger charge is -2.03. The summed E-state index contributed by atoms with van der Waals surface area (Å²) in [7, 11) is 0. The van der Waals surface area contributed by atoms with Gasteiger partial charge < -0.3 is 4.74 Å². The average molecular weight is 297 g/mol. The molecule has 5 heteroatoms. The van der Waals surface area contributed by atoms with Crippen LogP contribution in [0.4, 0.5) is 5.69 Å². The average Bonchev–Trinajstić information content (AvgIpc) is 2.54. The van der Waals surface area contributed by atoms with Crippen LogP contribution in [-0.4, -0.2) is 17.5 Å².